The number of para-hydroxylation sites is 4. The third-order valence-electron chi connectivity index (χ3n) is 13.6. The molecule has 0 aliphatic rings. The van der Waals surface area contributed by atoms with Crippen LogP contribution in [0.2, 0.25) is 0 Å². The van der Waals surface area contributed by atoms with E-state index < -0.39 is 0 Å². The number of hydrogen-bond acceptors (Lipinski definition) is 4. The lowest BCUT2D eigenvalue weighted by Crippen LogP contribution is -2.01. The lowest BCUT2D eigenvalue weighted by molar-refractivity contribution is 0.669. The van der Waals surface area contributed by atoms with Crippen LogP contribution in [-0.4, -0.2) is 24.1 Å². The van der Waals surface area contributed by atoms with Crippen LogP contribution in [0.3, 0.4) is 0 Å². The summed E-state index contributed by atoms with van der Waals surface area (Å²) >= 11 is 0. The van der Waals surface area contributed by atoms with Crippen molar-refractivity contribution in [2.45, 2.75) is 0 Å². The summed E-state index contributed by atoms with van der Waals surface area (Å²) in [4.78, 5) is 15.3. The second-order valence-corrected chi connectivity index (χ2v) is 17.6. The highest BCUT2D eigenvalue weighted by molar-refractivity contribution is 6.16. The van der Waals surface area contributed by atoms with E-state index in [1.807, 2.05) is 42.5 Å². The minimum absolute atomic E-state index is 0.615. The van der Waals surface area contributed by atoms with E-state index in [1.165, 1.54) is 27.1 Å². The van der Waals surface area contributed by atoms with Crippen molar-refractivity contribution in [2.24, 2.45) is 0 Å². The maximum absolute atomic E-state index is 6.21. The molecule has 0 N–H and O–H groups in total. The molecule has 4 aromatic heterocycles. The first kappa shape index (κ1) is 38.8. The molecule has 0 spiro atoms. The molecule has 6 heteroatoms. The summed E-state index contributed by atoms with van der Waals surface area (Å²) < 4.78 is 10.9. The Labute approximate surface area is 396 Å². The van der Waals surface area contributed by atoms with Gasteiger partial charge < -0.3 is 13.6 Å². The van der Waals surface area contributed by atoms with Crippen LogP contribution in [-0.2, 0) is 0 Å². The van der Waals surface area contributed by atoms with E-state index in [-0.39, 0.29) is 0 Å². The Bertz CT molecular complexity index is 4260. The average Bonchev–Trinajstić information content (AvgIpc) is 4.09. The topological polar surface area (TPSA) is 61.7 Å². The molecule has 322 valence electrons. The van der Waals surface area contributed by atoms with E-state index in [0.29, 0.717) is 17.5 Å². The van der Waals surface area contributed by atoms with Gasteiger partial charge in [-0.1, -0.05) is 170 Å². The van der Waals surface area contributed by atoms with Gasteiger partial charge in [0.15, 0.2) is 17.5 Å². The molecule has 14 aromatic rings. The summed E-state index contributed by atoms with van der Waals surface area (Å²) in [6, 6.07) is 83.4. The molecule has 0 aliphatic carbocycles. The van der Waals surface area contributed by atoms with Crippen LogP contribution in [0.4, 0.5) is 0 Å². The molecule has 0 aliphatic heterocycles. The summed E-state index contributed by atoms with van der Waals surface area (Å²) in [7, 11) is 0. The SMILES string of the molecule is c1ccc(-c2nc(-c3ccc(-c4cccc(-c5cccc6c5c5ccccc5n6-c5ccc6oc7ccccc7c6c5)c4)cc3)nc(-c3cccc(-n4c5ccccc5c5ccccc54)c3)n2)cc1. The van der Waals surface area contributed by atoms with Gasteiger partial charge in [0, 0.05) is 60.4 Å². The summed E-state index contributed by atoms with van der Waals surface area (Å²) in [5.74, 6) is 1.86. The Morgan fingerprint density at radius 3 is 1.52 bits per heavy atom. The summed E-state index contributed by atoms with van der Waals surface area (Å²) in [6.07, 6.45) is 0. The molecular formula is C63H39N5O. The zero-order valence-electron chi connectivity index (χ0n) is 37.2. The molecule has 14 rings (SSSR count). The maximum Gasteiger partial charge on any atom is 0.164 e. The monoisotopic (exact) mass is 881 g/mol. The van der Waals surface area contributed by atoms with E-state index in [0.717, 1.165) is 88.8 Å². The molecule has 6 nitrogen and oxygen atoms in total. The molecule has 0 saturated carbocycles. The van der Waals surface area contributed by atoms with Crippen LogP contribution in [0.1, 0.15) is 0 Å². The van der Waals surface area contributed by atoms with Crippen molar-refractivity contribution in [3.8, 4) is 67.8 Å². The molecule has 0 bridgehead atoms. The lowest BCUT2D eigenvalue weighted by atomic mass is 9.95. The highest BCUT2D eigenvalue weighted by atomic mass is 16.3. The van der Waals surface area contributed by atoms with E-state index >= 15 is 0 Å². The van der Waals surface area contributed by atoms with Gasteiger partial charge in [0.05, 0.1) is 22.1 Å². The largest absolute Gasteiger partial charge is 0.456 e. The molecule has 10 aromatic carbocycles. The lowest BCUT2D eigenvalue weighted by Gasteiger charge is -2.12. The number of nitrogens with zero attached hydrogens (tertiary/aromatic N) is 5. The van der Waals surface area contributed by atoms with Crippen molar-refractivity contribution in [3.63, 3.8) is 0 Å². The standard InChI is InChI=1S/C63H39N5O/c1-2-15-41(16-3-1)61-64-62(66-63(65-61)45-19-13-20-46(38-45)67-54-26-8-4-21-49(54)50-22-5-9-27-55(50)67)42-33-31-40(32-34-42)43-17-12-18-44(37-43)48-25-14-29-57-60(48)52-24-6-10-28-56(52)68(57)47-35-36-59-53(39-47)51-23-7-11-30-58(51)69-59/h1-39H. The second kappa shape index (κ2) is 15.6. The minimum Gasteiger partial charge on any atom is -0.456 e. The van der Waals surface area contributed by atoms with Crippen LogP contribution in [0.25, 0.3) is 133 Å². The third-order valence-corrected chi connectivity index (χ3v) is 13.6. The highest BCUT2D eigenvalue weighted by Gasteiger charge is 2.19. The molecule has 69 heavy (non-hydrogen) atoms. The number of rotatable bonds is 7. The first-order chi connectivity index (χ1) is 34.2. The van der Waals surface area contributed by atoms with E-state index in [4.69, 9.17) is 19.4 Å². The van der Waals surface area contributed by atoms with Crippen molar-refractivity contribution in [2.75, 3.05) is 0 Å². The Morgan fingerprint density at radius 1 is 0.275 bits per heavy atom. The van der Waals surface area contributed by atoms with Gasteiger partial charge in [0.25, 0.3) is 0 Å². The molecule has 0 unspecified atom stereocenters. The Kier molecular flexibility index (Phi) is 8.79. The quantitative estimate of drug-likeness (QED) is 0.160. The smallest absolute Gasteiger partial charge is 0.164 e. The minimum atomic E-state index is 0.615. The van der Waals surface area contributed by atoms with Gasteiger partial charge in [-0.25, -0.2) is 15.0 Å². The van der Waals surface area contributed by atoms with E-state index in [1.54, 1.807) is 0 Å². The number of benzene rings is 10. The van der Waals surface area contributed by atoms with Crippen molar-refractivity contribution < 1.29 is 4.42 Å². The van der Waals surface area contributed by atoms with Gasteiger partial charge in [-0.15, -0.1) is 0 Å². The maximum atomic E-state index is 6.21. The third kappa shape index (κ3) is 6.38. The molecule has 0 atom stereocenters. The predicted molar refractivity (Wildman–Crippen MR) is 283 cm³/mol. The van der Waals surface area contributed by atoms with Crippen molar-refractivity contribution in [1.82, 2.24) is 24.1 Å². The van der Waals surface area contributed by atoms with Crippen molar-refractivity contribution >= 4 is 65.6 Å². The first-order valence-corrected chi connectivity index (χ1v) is 23.3. The molecular weight excluding hydrogens is 843 g/mol. The number of fused-ring (bicyclic) bond motifs is 9. The molecule has 0 radical (unpaired) electrons. The average molecular weight is 882 g/mol. The van der Waals surface area contributed by atoms with Crippen LogP contribution in [0, 0.1) is 0 Å². The van der Waals surface area contributed by atoms with Gasteiger partial charge in [0.1, 0.15) is 11.2 Å². The fraction of sp³-hybridized carbons (Fsp3) is 0. The van der Waals surface area contributed by atoms with Gasteiger partial charge in [-0.3, -0.25) is 0 Å². The second-order valence-electron chi connectivity index (χ2n) is 17.6. The van der Waals surface area contributed by atoms with Crippen molar-refractivity contribution in [3.05, 3.63) is 237 Å². The fourth-order valence-corrected chi connectivity index (χ4v) is 10.4. The summed E-state index contributed by atoms with van der Waals surface area (Å²) in [5.41, 5.74) is 15.9. The molecule has 4 heterocycles. The molecule has 0 saturated heterocycles. The van der Waals surface area contributed by atoms with Crippen LogP contribution >= 0.6 is 0 Å². The Hall–Kier alpha value is -9.39. The van der Waals surface area contributed by atoms with Gasteiger partial charge >= 0.3 is 0 Å². The normalized spacial score (nSPS) is 11.8. The number of hydrogen-bond donors (Lipinski definition) is 0. The highest BCUT2D eigenvalue weighted by Crippen LogP contribution is 2.41. The van der Waals surface area contributed by atoms with Crippen LogP contribution in [0.15, 0.2) is 241 Å². The number of furan rings is 1. The predicted octanol–water partition coefficient (Wildman–Crippen LogP) is 16.3. The van der Waals surface area contributed by atoms with E-state index in [2.05, 4.69) is 203 Å². The Morgan fingerprint density at radius 2 is 0.768 bits per heavy atom. The summed E-state index contributed by atoms with van der Waals surface area (Å²) in [6.45, 7) is 0. The van der Waals surface area contributed by atoms with Gasteiger partial charge in [-0.05, 0) is 89.0 Å². The van der Waals surface area contributed by atoms with Gasteiger partial charge in [-0.2, -0.15) is 0 Å². The van der Waals surface area contributed by atoms with Crippen LogP contribution in [0.5, 0.6) is 0 Å². The zero-order chi connectivity index (χ0) is 45.4. The summed E-state index contributed by atoms with van der Waals surface area (Å²) in [5, 5.41) is 7.10. The Balaban J connectivity index is 0.840. The van der Waals surface area contributed by atoms with E-state index in [9.17, 15) is 0 Å². The van der Waals surface area contributed by atoms with Crippen LogP contribution < -0.4 is 0 Å². The molecule has 0 fully saturated rings. The fourth-order valence-electron chi connectivity index (χ4n) is 10.4. The van der Waals surface area contributed by atoms with Crippen molar-refractivity contribution in [1.29, 1.82) is 0 Å². The number of aromatic nitrogens is 5. The first-order valence-electron chi connectivity index (χ1n) is 23.3. The molecule has 0 amide bonds. The van der Waals surface area contributed by atoms with Gasteiger partial charge in [0.2, 0.25) is 0 Å². The zero-order valence-corrected chi connectivity index (χ0v) is 37.2.